The lowest BCUT2D eigenvalue weighted by Crippen LogP contribution is -2.37. The third kappa shape index (κ3) is 3.43. The number of aryl methyl sites for hydroxylation is 3. The van der Waals surface area contributed by atoms with Gasteiger partial charge in [-0.05, 0) is 44.6 Å². The number of nitrogens with one attached hydrogen (secondary N) is 1. The average molecular weight is 332 g/mol. The number of carbonyl (C=O) groups is 1. The lowest BCUT2D eigenvalue weighted by atomic mass is 9.79. The summed E-state index contributed by atoms with van der Waals surface area (Å²) in [5, 5.41) is 17.6. The molecule has 0 aliphatic heterocycles. The molecule has 0 aliphatic rings. The Hall–Kier alpha value is -1.95. The normalized spacial score (nSPS) is 11.9. The summed E-state index contributed by atoms with van der Waals surface area (Å²) in [6, 6.07) is 1.82. The number of fused-ring (bicyclic) bond motifs is 1. The molecule has 2 N–H and O–H groups in total. The number of nitrogens with zero attached hydrogens (tertiary/aromatic N) is 3. The van der Waals surface area contributed by atoms with Crippen LogP contribution in [-0.2, 0) is 7.05 Å². The van der Waals surface area contributed by atoms with Gasteiger partial charge in [-0.3, -0.25) is 9.48 Å². The molecule has 2 rings (SSSR count). The third-order valence-corrected chi connectivity index (χ3v) is 5.11. The molecule has 0 fully saturated rings. The summed E-state index contributed by atoms with van der Waals surface area (Å²) in [7, 11) is 1.84. The maximum atomic E-state index is 12.8. The van der Waals surface area contributed by atoms with Gasteiger partial charge >= 0.3 is 0 Å². The van der Waals surface area contributed by atoms with Crippen LogP contribution in [0.3, 0.4) is 0 Å². The third-order valence-electron chi connectivity index (χ3n) is 5.11. The Bertz CT molecular complexity index is 732. The molecule has 2 aromatic heterocycles. The second-order valence-corrected chi connectivity index (χ2v) is 6.58. The minimum atomic E-state index is -0.106. The summed E-state index contributed by atoms with van der Waals surface area (Å²) in [6.45, 7) is 8.67. The van der Waals surface area contributed by atoms with E-state index in [9.17, 15) is 9.90 Å². The van der Waals surface area contributed by atoms with Crippen molar-refractivity contribution in [3.8, 4) is 0 Å². The Balaban J connectivity index is 2.32. The van der Waals surface area contributed by atoms with Gasteiger partial charge in [0, 0.05) is 25.9 Å². The standard InChI is InChI=1S/C18H28N4O2/c1-6-18(7-2,8-9-23)11-19-17(24)14-10-12(3)20-16-15(14)13(4)21-22(16)5/h10,23H,6-9,11H2,1-5H3,(H,19,24). The summed E-state index contributed by atoms with van der Waals surface area (Å²) < 4.78 is 1.71. The van der Waals surface area contributed by atoms with Crippen LogP contribution < -0.4 is 5.32 Å². The van der Waals surface area contributed by atoms with Crippen LogP contribution >= 0.6 is 0 Å². The van der Waals surface area contributed by atoms with Crippen LogP contribution in [0.2, 0.25) is 0 Å². The molecule has 1 amide bonds. The number of rotatable bonds is 7. The van der Waals surface area contributed by atoms with E-state index in [4.69, 9.17) is 0 Å². The van der Waals surface area contributed by atoms with E-state index in [1.807, 2.05) is 27.0 Å². The van der Waals surface area contributed by atoms with E-state index in [-0.39, 0.29) is 17.9 Å². The lowest BCUT2D eigenvalue weighted by molar-refractivity contribution is 0.0908. The summed E-state index contributed by atoms with van der Waals surface area (Å²) in [6.07, 6.45) is 2.53. The second-order valence-electron chi connectivity index (χ2n) is 6.58. The van der Waals surface area contributed by atoms with Crippen molar-refractivity contribution in [3.63, 3.8) is 0 Å². The Morgan fingerprint density at radius 3 is 2.58 bits per heavy atom. The smallest absolute Gasteiger partial charge is 0.252 e. The van der Waals surface area contributed by atoms with Gasteiger partial charge in [-0.2, -0.15) is 5.10 Å². The topological polar surface area (TPSA) is 80.0 Å². The molecule has 0 atom stereocenters. The molecular weight excluding hydrogens is 304 g/mol. The van der Waals surface area contributed by atoms with Crippen LogP contribution in [0.1, 0.15) is 54.9 Å². The first-order chi connectivity index (χ1) is 11.4. The molecule has 2 heterocycles. The molecule has 0 bridgehead atoms. The van der Waals surface area contributed by atoms with E-state index < -0.39 is 0 Å². The molecule has 0 aromatic carbocycles. The van der Waals surface area contributed by atoms with Gasteiger partial charge in [0.2, 0.25) is 0 Å². The molecular formula is C18H28N4O2. The summed E-state index contributed by atoms with van der Waals surface area (Å²) in [5.41, 5.74) is 2.88. The summed E-state index contributed by atoms with van der Waals surface area (Å²) >= 11 is 0. The Morgan fingerprint density at radius 2 is 2.00 bits per heavy atom. The first kappa shape index (κ1) is 18.4. The van der Waals surface area contributed by atoms with E-state index in [1.165, 1.54) is 0 Å². The van der Waals surface area contributed by atoms with Gasteiger partial charge < -0.3 is 10.4 Å². The van der Waals surface area contributed by atoms with Crippen molar-refractivity contribution >= 4 is 16.9 Å². The Morgan fingerprint density at radius 1 is 1.33 bits per heavy atom. The van der Waals surface area contributed by atoms with Crippen LogP contribution in [0.4, 0.5) is 0 Å². The highest BCUT2D eigenvalue weighted by Gasteiger charge is 2.27. The summed E-state index contributed by atoms with van der Waals surface area (Å²) in [4.78, 5) is 17.3. The van der Waals surface area contributed by atoms with Gasteiger partial charge in [0.05, 0.1) is 16.6 Å². The van der Waals surface area contributed by atoms with Gasteiger partial charge in [-0.15, -0.1) is 0 Å². The molecule has 6 nitrogen and oxygen atoms in total. The van der Waals surface area contributed by atoms with E-state index >= 15 is 0 Å². The van der Waals surface area contributed by atoms with Crippen LogP contribution in [0, 0.1) is 19.3 Å². The number of aromatic nitrogens is 3. The van der Waals surface area contributed by atoms with E-state index in [1.54, 1.807) is 4.68 Å². The van der Waals surface area contributed by atoms with Crippen molar-refractivity contribution < 1.29 is 9.90 Å². The molecule has 0 spiro atoms. The molecule has 6 heteroatoms. The quantitative estimate of drug-likeness (QED) is 0.816. The van der Waals surface area contributed by atoms with Crippen LogP contribution in [-0.4, -0.2) is 38.9 Å². The molecule has 24 heavy (non-hydrogen) atoms. The van der Waals surface area contributed by atoms with Gasteiger partial charge in [-0.25, -0.2) is 4.98 Å². The maximum Gasteiger partial charge on any atom is 0.252 e. The van der Waals surface area contributed by atoms with Crippen LogP contribution in [0.5, 0.6) is 0 Å². The minimum Gasteiger partial charge on any atom is -0.396 e. The maximum absolute atomic E-state index is 12.8. The Kier molecular flexibility index (Phi) is 5.59. The number of amides is 1. The van der Waals surface area contributed by atoms with Crippen LogP contribution in [0.25, 0.3) is 11.0 Å². The predicted octanol–water partition coefficient (Wildman–Crippen LogP) is 2.50. The fourth-order valence-electron chi connectivity index (χ4n) is 3.29. The number of aliphatic hydroxyl groups is 1. The number of aliphatic hydroxyl groups excluding tert-OH is 1. The van der Waals surface area contributed by atoms with Gasteiger partial charge in [-0.1, -0.05) is 13.8 Å². The van der Waals surface area contributed by atoms with Gasteiger partial charge in [0.15, 0.2) is 5.65 Å². The molecule has 0 radical (unpaired) electrons. The number of hydrogen-bond acceptors (Lipinski definition) is 4. The summed E-state index contributed by atoms with van der Waals surface area (Å²) in [5.74, 6) is -0.106. The van der Waals surface area contributed by atoms with Gasteiger partial charge in [0.1, 0.15) is 0 Å². The van der Waals surface area contributed by atoms with Crippen molar-refractivity contribution in [2.45, 2.75) is 47.0 Å². The zero-order valence-electron chi connectivity index (χ0n) is 15.3. The van der Waals surface area contributed by atoms with Crippen molar-refractivity contribution in [1.82, 2.24) is 20.1 Å². The lowest BCUT2D eigenvalue weighted by Gasteiger charge is -2.31. The van der Waals surface area contributed by atoms with Crippen molar-refractivity contribution in [2.75, 3.05) is 13.2 Å². The first-order valence-corrected chi connectivity index (χ1v) is 8.57. The highest BCUT2D eigenvalue weighted by molar-refractivity contribution is 6.06. The highest BCUT2D eigenvalue weighted by atomic mass is 16.3. The molecule has 0 unspecified atom stereocenters. The zero-order chi connectivity index (χ0) is 17.9. The number of hydrogen-bond donors (Lipinski definition) is 2. The average Bonchev–Trinajstić information content (AvgIpc) is 2.85. The largest absolute Gasteiger partial charge is 0.396 e. The number of pyridine rings is 1. The number of carbonyl (C=O) groups excluding carboxylic acids is 1. The van der Waals surface area contributed by atoms with E-state index in [2.05, 4.69) is 29.2 Å². The van der Waals surface area contributed by atoms with E-state index in [0.29, 0.717) is 18.5 Å². The Labute approximate surface area is 143 Å². The molecule has 132 valence electrons. The molecule has 2 aromatic rings. The SMILES string of the molecule is CCC(CC)(CCO)CNC(=O)c1cc(C)nc2c1c(C)nn2C. The zero-order valence-corrected chi connectivity index (χ0v) is 15.3. The van der Waals surface area contributed by atoms with Crippen molar-refractivity contribution in [2.24, 2.45) is 12.5 Å². The van der Waals surface area contributed by atoms with Crippen LogP contribution in [0.15, 0.2) is 6.07 Å². The van der Waals surface area contributed by atoms with E-state index in [0.717, 1.165) is 35.3 Å². The minimum absolute atomic E-state index is 0.0599. The van der Waals surface area contributed by atoms with Gasteiger partial charge in [0.25, 0.3) is 5.91 Å². The second kappa shape index (κ2) is 7.30. The fourth-order valence-corrected chi connectivity index (χ4v) is 3.29. The monoisotopic (exact) mass is 332 g/mol. The van der Waals surface area contributed by atoms with Crippen molar-refractivity contribution in [3.05, 3.63) is 23.0 Å². The first-order valence-electron chi connectivity index (χ1n) is 8.57. The molecule has 0 aliphatic carbocycles. The highest BCUT2D eigenvalue weighted by Crippen LogP contribution is 2.30. The molecule has 0 saturated heterocycles. The molecule has 0 saturated carbocycles. The fraction of sp³-hybridized carbons (Fsp3) is 0.611. The van der Waals surface area contributed by atoms with Crippen molar-refractivity contribution in [1.29, 1.82) is 0 Å². The predicted molar refractivity (Wildman–Crippen MR) is 95.0 cm³/mol.